The van der Waals surface area contributed by atoms with Crippen molar-refractivity contribution >= 4 is 28.2 Å². The Labute approximate surface area is 164 Å². The third kappa shape index (κ3) is 5.17. The average Bonchev–Trinajstić information content (AvgIpc) is 3.11. The van der Waals surface area contributed by atoms with E-state index in [0.717, 1.165) is 24.0 Å². The largest absolute Gasteiger partial charge is 0.462 e. The second kappa shape index (κ2) is 9.67. The lowest BCUT2D eigenvalue weighted by Crippen LogP contribution is -2.37. The summed E-state index contributed by atoms with van der Waals surface area (Å²) >= 11 is 1.35. The maximum atomic E-state index is 12.5. The van der Waals surface area contributed by atoms with Crippen molar-refractivity contribution in [3.8, 4) is 11.1 Å². The van der Waals surface area contributed by atoms with Gasteiger partial charge in [-0.25, -0.2) is 4.79 Å². The first kappa shape index (κ1) is 19.6. The SMILES string of the molecule is CCOC(=O)c1c(-c2ccccc2)csc1NC(=O)CNC1CCCCC1. The second-order valence-electron chi connectivity index (χ2n) is 6.70. The molecule has 3 rings (SSSR count). The standard InChI is InChI=1S/C21H26N2O3S/c1-2-26-21(25)19-17(15-9-5-3-6-10-15)14-27-20(19)23-18(24)13-22-16-11-7-4-8-12-16/h3,5-6,9-10,14,16,22H,2,4,7-8,11-13H2,1H3,(H,23,24). The molecule has 0 bridgehead atoms. The van der Waals surface area contributed by atoms with E-state index in [1.165, 1.54) is 30.6 Å². The van der Waals surface area contributed by atoms with Crippen LogP contribution in [0, 0.1) is 0 Å². The molecule has 1 aromatic heterocycles. The Hall–Kier alpha value is -2.18. The fourth-order valence-electron chi connectivity index (χ4n) is 3.40. The topological polar surface area (TPSA) is 67.4 Å². The van der Waals surface area contributed by atoms with Crippen molar-refractivity contribution in [2.75, 3.05) is 18.5 Å². The minimum Gasteiger partial charge on any atom is -0.462 e. The molecule has 27 heavy (non-hydrogen) atoms. The zero-order valence-corrected chi connectivity index (χ0v) is 16.4. The predicted octanol–water partition coefficient (Wildman–Crippen LogP) is 4.45. The van der Waals surface area contributed by atoms with Crippen molar-refractivity contribution in [2.45, 2.75) is 45.1 Å². The van der Waals surface area contributed by atoms with Crippen molar-refractivity contribution in [1.82, 2.24) is 5.32 Å². The number of nitrogens with one attached hydrogen (secondary N) is 2. The summed E-state index contributed by atoms with van der Waals surface area (Å²) in [4.78, 5) is 24.9. The smallest absolute Gasteiger partial charge is 0.341 e. The molecule has 1 aliphatic rings. The Morgan fingerprint density at radius 2 is 1.89 bits per heavy atom. The zero-order chi connectivity index (χ0) is 19.1. The number of hydrogen-bond acceptors (Lipinski definition) is 5. The van der Waals surface area contributed by atoms with Gasteiger partial charge in [-0.2, -0.15) is 0 Å². The van der Waals surface area contributed by atoms with Gasteiger partial charge in [0.2, 0.25) is 5.91 Å². The van der Waals surface area contributed by atoms with E-state index in [4.69, 9.17) is 4.74 Å². The Balaban J connectivity index is 1.73. The number of carbonyl (C=O) groups excluding carboxylic acids is 2. The number of rotatable bonds is 7. The van der Waals surface area contributed by atoms with Crippen molar-refractivity contribution in [2.24, 2.45) is 0 Å². The number of anilines is 1. The van der Waals surface area contributed by atoms with Crippen LogP contribution in [-0.2, 0) is 9.53 Å². The lowest BCUT2D eigenvalue weighted by molar-refractivity contribution is -0.115. The van der Waals surface area contributed by atoms with Gasteiger partial charge in [-0.3, -0.25) is 4.79 Å². The summed E-state index contributed by atoms with van der Waals surface area (Å²) in [7, 11) is 0. The second-order valence-corrected chi connectivity index (χ2v) is 7.58. The Morgan fingerprint density at radius 3 is 2.59 bits per heavy atom. The number of benzene rings is 1. The van der Waals surface area contributed by atoms with Crippen molar-refractivity contribution in [3.63, 3.8) is 0 Å². The van der Waals surface area contributed by atoms with Gasteiger partial charge in [-0.15, -0.1) is 11.3 Å². The van der Waals surface area contributed by atoms with Crippen LogP contribution in [0.5, 0.6) is 0 Å². The number of esters is 1. The lowest BCUT2D eigenvalue weighted by atomic mass is 9.95. The lowest BCUT2D eigenvalue weighted by Gasteiger charge is -2.22. The monoisotopic (exact) mass is 386 g/mol. The highest BCUT2D eigenvalue weighted by Crippen LogP contribution is 2.36. The molecule has 2 N–H and O–H groups in total. The molecule has 1 aromatic carbocycles. The van der Waals surface area contributed by atoms with E-state index in [2.05, 4.69) is 10.6 Å². The van der Waals surface area contributed by atoms with Gasteiger partial charge in [-0.1, -0.05) is 49.6 Å². The van der Waals surface area contributed by atoms with E-state index in [9.17, 15) is 9.59 Å². The van der Waals surface area contributed by atoms with Crippen LogP contribution in [0.3, 0.4) is 0 Å². The molecular formula is C21H26N2O3S. The molecule has 2 aromatic rings. The van der Waals surface area contributed by atoms with Crippen LogP contribution < -0.4 is 10.6 Å². The first-order chi connectivity index (χ1) is 13.2. The van der Waals surface area contributed by atoms with Crippen LogP contribution in [0.15, 0.2) is 35.7 Å². The third-order valence-electron chi connectivity index (χ3n) is 4.76. The highest BCUT2D eigenvalue weighted by atomic mass is 32.1. The molecule has 1 amide bonds. The number of hydrogen-bond donors (Lipinski definition) is 2. The summed E-state index contributed by atoms with van der Waals surface area (Å²) in [5.74, 6) is -0.541. The van der Waals surface area contributed by atoms with Crippen LogP contribution in [0.2, 0.25) is 0 Å². The minimum absolute atomic E-state index is 0.132. The maximum Gasteiger partial charge on any atom is 0.341 e. The van der Waals surface area contributed by atoms with Crippen LogP contribution in [0.1, 0.15) is 49.4 Å². The van der Waals surface area contributed by atoms with Gasteiger partial charge in [0.05, 0.1) is 13.2 Å². The molecule has 0 saturated heterocycles. The molecule has 0 spiro atoms. The van der Waals surface area contributed by atoms with Gasteiger partial charge < -0.3 is 15.4 Å². The van der Waals surface area contributed by atoms with E-state index in [1.54, 1.807) is 6.92 Å². The van der Waals surface area contributed by atoms with Gasteiger partial charge in [0.1, 0.15) is 10.6 Å². The van der Waals surface area contributed by atoms with E-state index in [-0.39, 0.29) is 12.5 Å². The molecule has 5 nitrogen and oxygen atoms in total. The molecule has 1 fully saturated rings. The molecule has 0 aliphatic heterocycles. The third-order valence-corrected chi connectivity index (χ3v) is 5.66. The number of carbonyl (C=O) groups is 2. The van der Waals surface area contributed by atoms with Crippen LogP contribution in [0.4, 0.5) is 5.00 Å². The molecule has 0 atom stereocenters. The van der Waals surface area contributed by atoms with Crippen LogP contribution in [0.25, 0.3) is 11.1 Å². The van der Waals surface area contributed by atoms with Gasteiger partial charge in [0.25, 0.3) is 0 Å². The Kier molecular flexibility index (Phi) is 7.01. The predicted molar refractivity (Wildman–Crippen MR) is 109 cm³/mol. The van der Waals surface area contributed by atoms with Crippen molar-refractivity contribution in [3.05, 3.63) is 41.3 Å². The number of thiophene rings is 1. The fraction of sp³-hybridized carbons (Fsp3) is 0.429. The molecule has 0 unspecified atom stereocenters. The molecule has 0 radical (unpaired) electrons. The van der Waals surface area contributed by atoms with E-state index in [1.807, 2.05) is 35.7 Å². The number of amides is 1. The molecule has 1 heterocycles. The zero-order valence-electron chi connectivity index (χ0n) is 15.6. The van der Waals surface area contributed by atoms with E-state index < -0.39 is 5.97 Å². The first-order valence-corrected chi connectivity index (χ1v) is 10.4. The number of ether oxygens (including phenoxy) is 1. The molecule has 1 saturated carbocycles. The van der Waals surface area contributed by atoms with Crippen LogP contribution >= 0.6 is 11.3 Å². The van der Waals surface area contributed by atoms with Crippen molar-refractivity contribution in [1.29, 1.82) is 0 Å². The van der Waals surface area contributed by atoms with Gasteiger partial charge in [0, 0.05) is 17.0 Å². The summed E-state index contributed by atoms with van der Waals surface area (Å²) in [6.07, 6.45) is 5.97. The molecule has 6 heteroatoms. The first-order valence-electron chi connectivity index (χ1n) is 9.56. The highest BCUT2D eigenvalue weighted by Gasteiger charge is 2.23. The van der Waals surface area contributed by atoms with Gasteiger partial charge >= 0.3 is 5.97 Å². The fourth-order valence-corrected chi connectivity index (χ4v) is 4.37. The highest BCUT2D eigenvalue weighted by molar-refractivity contribution is 7.15. The minimum atomic E-state index is -0.409. The quantitative estimate of drug-likeness (QED) is 0.690. The Bertz CT molecular complexity index is 767. The molecule has 1 aliphatic carbocycles. The summed E-state index contributed by atoms with van der Waals surface area (Å²) in [6, 6.07) is 10.1. The molecule has 144 valence electrons. The van der Waals surface area contributed by atoms with Gasteiger partial charge in [-0.05, 0) is 25.3 Å². The maximum absolute atomic E-state index is 12.5. The normalized spacial score (nSPS) is 14.7. The molecular weight excluding hydrogens is 360 g/mol. The Morgan fingerprint density at radius 1 is 1.15 bits per heavy atom. The van der Waals surface area contributed by atoms with E-state index >= 15 is 0 Å². The van der Waals surface area contributed by atoms with Crippen molar-refractivity contribution < 1.29 is 14.3 Å². The summed E-state index contributed by atoms with van der Waals surface area (Å²) in [5.41, 5.74) is 2.14. The summed E-state index contributed by atoms with van der Waals surface area (Å²) in [6.45, 7) is 2.32. The van der Waals surface area contributed by atoms with Gasteiger partial charge in [0.15, 0.2) is 0 Å². The summed E-state index contributed by atoms with van der Waals surface area (Å²) in [5, 5.41) is 8.67. The average molecular weight is 387 g/mol. The van der Waals surface area contributed by atoms with E-state index in [0.29, 0.717) is 23.2 Å². The summed E-state index contributed by atoms with van der Waals surface area (Å²) < 4.78 is 5.23. The van der Waals surface area contributed by atoms with Crippen LogP contribution in [-0.4, -0.2) is 31.1 Å².